The van der Waals surface area contributed by atoms with E-state index in [9.17, 15) is 21.6 Å². The molecule has 0 aliphatic carbocycles. The number of halogens is 3. The summed E-state index contributed by atoms with van der Waals surface area (Å²) in [6.07, 6.45) is -3.43. The summed E-state index contributed by atoms with van der Waals surface area (Å²) in [6.45, 7) is 0.536. The van der Waals surface area contributed by atoms with Crippen molar-refractivity contribution in [3.8, 4) is 11.5 Å². The van der Waals surface area contributed by atoms with Crippen LogP contribution in [0.15, 0.2) is 53.6 Å². The SMILES string of the molecule is COc1ccc2c(ccn2S(=O)(=O)c2ccc(OC(F)(F)F)cc2)c1CN(C)C. The molecule has 0 bridgehead atoms. The molecule has 0 aliphatic rings. The van der Waals surface area contributed by atoms with Crippen LogP contribution in [-0.4, -0.2) is 44.9 Å². The zero-order chi connectivity index (χ0) is 21.4. The Labute approximate surface area is 166 Å². The van der Waals surface area contributed by atoms with Crippen LogP contribution >= 0.6 is 0 Å². The Kier molecular flexibility index (Phi) is 5.50. The molecular formula is C19H19F3N2O4S. The largest absolute Gasteiger partial charge is 0.573 e. The van der Waals surface area contributed by atoms with Crippen LogP contribution < -0.4 is 9.47 Å². The van der Waals surface area contributed by atoms with E-state index >= 15 is 0 Å². The van der Waals surface area contributed by atoms with E-state index in [1.165, 1.54) is 6.20 Å². The minimum atomic E-state index is -4.85. The third kappa shape index (κ3) is 4.33. The number of nitrogens with zero attached hydrogens (tertiary/aromatic N) is 2. The fourth-order valence-corrected chi connectivity index (χ4v) is 4.39. The van der Waals surface area contributed by atoms with Crippen LogP contribution in [0.4, 0.5) is 13.2 Å². The summed E-state index contributed by atoms with van der Waals surface area (Å²) >= 11 is 0. The number of methoxy groups -OCH3 is 1. The molecule has 0 fully saturated rings. The summed E-state index contributed by atoms with van der Waals surface area (Å²) in [5.41, 5.74) is 1.27. The number of alkyl halides is 3. The zero-order valence-electron chi connectivity index (χ0n) is 15.9. The summed E-state index contributed by atoms with van der Waals surface area (Å²) in [5.74, 6) is 0.141. The maximum Gasteiger partial charge on any atom is 0.573 e. The van der Waals surface area contributed by atoms with E-state index in [0.29, 0.717) is 23.2 Å². The maximum absolute atomic E-state index is 13.1. The third-order valence-corrected chi connectivity index (χ3v) is 5.92. The molecule has 0 saturated carbocycles. The highest BCUT2D eigenvalue weighted by Crippen LogP contribution is 2.32. The topological polar surface area (TPSA) is 60.8 Å². The van der Waals surface area contributed by atoms with E-state index in [1.54, 1.807) is 25.3 Å². The van der Waals surface area contributed by atoms with Crippen molar-refractivity contribution in [1.29, 1.82) is 0 Å². The molecular weight excluding hydrogens is 409 g/mol. The molecule has 0 aliphatic heterocycles. The fraction of sp³-hybridized carbons (Fsp3) is 0.263. The summed E-state index contributed by atoms with van der Waals surface area (Å²) in [4.78, 5) is 1.78. The van der Waals surface area contributed by atoms with Crippen LogP contribution in [0.5, 0.6) is 11.5 Å². The molecule has 0 atom stereocenters. The minimum absolute atomic E-state index is 0.158. The van der Waals surface area contributed by atoms with Gasteiger partial charge in [-0.1, -0.05) is 0 Å². The van der Waals surface area contributed by atoms with Crippen molar-refractivity contribution in [2.45, 2.75) is 17.8 Å². The van der Waals surface area contributed by atoms with Crippen LogP contribution in [0.3, 0.4) is 0 Å². The Bertz CT molecular complexity index is 1120. The lowest BCUT2D eigenvalue weighted by Crippen LogP contribution is -2.17. The number of ether oxygens (including phenoxy) is 2. The highest BCUT2D eigenvalue weighted by atomic mass is 32.2. The van der Waals surface area contributed by atoms with Gasteiger partial charge in [0.1, 0.15) is 11.5 Å². The van der Waals surface area contributed by atoms with Crippen molar-refractivity contribution >= 4 is 20.9 Å². The molecule has 10 heteroatoms. The number of hydrogen-bond acceptors (Lipinski definition) is 5. The molecule has 1 heterocycles. The van der Waals surface area contributed by atoms with Gasteiger partial charge in [-0.05, 0) is 56.6 Å². The molecule has 2 aromatic carbocycles. The molecule has 156 valence electrons. The summed E-state index contributed by atoms with van der Waals surface area (Å²) < 4.78 is 73.3. The van der Waals surface area contributed by atoms with Gasteiger partial charge in [-0.25, -0.2) is 12.4 Å². The van der Waals surface area contributed by atoms with Crippen LogP contribution in [0.25, 0.3) is 10.9 Å². The normalized spacial score (nSPS) is 12.5. The van der Waals surface area contributed by atoms with E-state index < -0.39 is 22.1 Å². The quantitative estimate of drug-likeness (QED) is 0.597. The molecule has 0 spiro atoms. The van der Waals surface area contributed by atoms with E-state index in [-0.39, 0.29) is 4.90 Å². The van der Waals surface area contributed by atoms with E-state index in [0.717, 1.165) is 33.8 Å². The highest BCUT2D eigenvalue weighted by Gasteiger charge is 2.31. The lowest BCUT2D eigenvalue weighted by Gasteiger charge is -2.15. The Balaban J connectivity index is 2.05. The molecule has 0 N–H and O–H groups in total. The Morgan fingerprint density at radius 2 is 1.69 bits per heavy atom. The smallest absolute Gasteiger partial charge is 0.496 e. The van der Waals surface area contributed by atoms with Crippen molar-refractivity contribution in [2.24, 2.45) is 0 Å². The van der Waals surface area contributed by atoms with Crippen molar-refractivity contribution in [1.82, 2.24) is 8.87 Å². The van der Waals surface area contributed by atoms with E-state index in [1.807, 2.05) is 19.0 Å². The Morgan fingerprint density at radius 1 is 1.03 bits per heavy atom. The minimum Gasteiger partial charge on any atom is -0.496 e. The first-order valence-corrected chi connectivity index (χ1v) is 9.90. The fourth-order valence-electron chi connectivity index (χ4n) is 3.04. The van der Waals surface area contributed by atoms with Gasteiger partial charge in [0, 0.05) is 23.7 Å². The van der Waals surface area contributed by atoms with Gasteiger partial charge in [-0.15, -0.1) is 13.2 Å². The molecule has 0 unspecified atom stereocenters. The summed E-state index contributed by atoms with van der Waals surface area (Å²) in [5, 5.41) is 0.707. The number of benzene rings is 2. The second kappa shape index (κ2) is 7.60. The van der Waals surface area contributed by atoms with Gasteiger partial charge >= 0.3 is 6.36 Å². The monoisotopic (exact) mass is 428 g/mol. The van der Waals surface area contributed by atoms with Crippen LogP contribution in [0, 0.1) is 0 Å². The maximum atomic E-state index is 13.1. The molecule has 0 amide bonds. The number of fused-ring (bicyclic) bond motifs is 1. The predicted octanol–water partition coefficient (Wildman–Crippen LogP) is 3.85. The third-order valence-electron chi connectivity index (χ3n) is 4.21. The van der Waals surface area contributed by atoms with Gasteiger partial charge in [-0.3, -0.25) is 0 Å². The lowest BCUT2D eigenvalue weighted by atomic mass is 10.1. The molecule has 3 aromatic rings. The standard InChI is InChI=1S/C19H19F3N2O4S/c1-23(2)12-16-15-10-11-24(17(15)8-9-18(16)27-3)29(25,26)14-6-4-13(5-7-14)28-19(20,21)22/h4-11H,12H2,1-3H3. The Morgan fingerprint density at radius 3 is 2.24 bits per heavy atom. The second-order valence-corrected chi connectivity index (χ2v) is 8.37. The number of hydrogen-bond donors (Lipinski definition) is 0. The first-order valence-electron chi connectivity index (χ1n) is 8.46. The van der Waals surface area contributed by atoms with Crippen LogP contribution in [-0.2, 0) is 16.6 Å². The van der Waals surface area contributed by atoms with Crippen molar-refractivity contribution in [3.63, 3.8) is 0 Å². The van der Waals surface area contributed by atoms with Crippen molar-refractivity contribution in [2.75, 3.05) is 21.2 Å². The van der Waals surface area contributed by atoms with E-state index in [4.69, 9.17) is 4.74 Å². The molecule has 0 radical (unpaired) electrons. The molecule has 3 rings (SSSR count). The summed E-state index contributed by atoms with van der Waals surface area (Å²) in [7, 11) is 1.29. The average Bonchev–Trinajstić information content (AvgIpc) is 3.06. The highest BCUT2D eigenvalue weighted by molar-refractivity contribution is 7.90. The zero-order valence-corrected chi connectivity index (χ0v) is 16.7. The first kappa shape index (κ1) is 21.0. The molecule has 29 heavy (non-hydrogen) atoms. The molecule has 0 saturated heterocycles. The van der Waals surface area contributed by atoms with Gasteiger partial charge in [0.05, 0.1) is 17.5 Å². The van der Waals surface area contributed by atoms with Gasteiger partial charge < -0.3 is 14.4 Å². The van der Waals surface area contributed by atoms with Gasteiger partial charge in [0.2, 0.25) is 0 Å². The predicted molar refractivity (Wildman–Crippen MR) is 102 cm³/mol. The Hall–Kier alpha value is -2.72. The van der Waals surface area contributed by atoms with Crippen LogP contribution in [0.1, 0.15) is 5.56 Å². The number of aromatic nitrogens is 1. The van der Waals surface area contributed by atoms with Gasteiger partial charge in [-0.2, -0.15) is 0 Å². The van der Waals surface area contributed by atoms with E-state index in [2.05, 4.69) is 4.74 Å². The van der Waals surface area contributed by atoms with Crippen LogP contribution in [0.2, 0.25) is 0 Å². The van der Waals surface area contributed by atoms with Crippen molar-refractivity contribution in [3.05, 3.63) is 54.2 Å². The lowest BCUT2D eigenvalue weighted by molar-refractivity contribution is -0.274. The second-order valence-electron chi connectivity index (χ2n) is 6.55. The molecule has 6 nitrogen and oxygen atoms in total. The molecule has 1 aromatic heterocycles. The van der Waals surface area contributed by atoms with Gasteiger partial charge in [0.25, 0.3) is 10.0 Å². The first-order chi connectivity index (χ1) is 13.5. The summed E-state index contributed by atoms with van der Waals surface area (Å²) in [6, 6.07) is 9.08. The van der Waals surface area contributed by atoms with Gasteiger partial charge in [0.15, 0.2) is 0 Å². The van der Waals surface area contributed by atoms with Crippen molar-refractivity contribution < 1.29 is 31.1 Å². The number of rotatable bonds is 6. The average molecular weight is 428 g/mol.